The Balaban J connectivity index is 2.30. The largest absolute Gasteiger partial charge is 0.480 e. The molecule has 20 heavy (non-hydrogen) atoms. The highest BCUT2D eigenvalue weighted by molar-refractivity contribution is 8.01. The fourth-order valence-corrected chi connectivity index (χ4v) is 6.22. The molecule has 0 aromatic heterocycles. The van der Waals surface area contributed by atoms with Crippen LogP contribution in [-0.4, -0.2) is 71.6 Å². The molecule has 0 aromatic rings. The molecule has 2 atom stereocenters. The first-order chi connectivity index (χ1) is 9.35. The van der Waals surface area contributed by atoms with Crippen LogP contribution in [0.4, 0.5) is 0 Å². The Morgan fingerprint density at radius 1 is 1.35 bits per heavy atom. The normalized spacial score (nSPS) is 29.9. The van der Waals surface area contributed by atoms with Crippen molar-refractivity contribution in [1.82, 2.24) is 8.61 Å². The molecule has 1 N–H and O–H groups in total. The molecule has 7 nitrogen and oxygen atoms in total. The number of hydrogen-bond acceptors (Lipinski definition) is 5. The van der Waals surface area contributed by atoms with Gasteiger partial charge in [0.05, 0.1) is 18.6 Å². The van der Waals surface area contributed by atoms with Crippen LogP contribution < -0.4 is 0 Å². The van der Waals surface area contributed by atoms with Crippen molar-refractivity contribution in [2.24, 2.45) is 5.92 Å². The number of hydrogen-bond donors (Lipinski definition) is 1. The van der Waals surface area contributed by atoms with Crippen LogP contribution in [0.15, 0.2) is 0 Å². The molecule has 0 radical (unpaired) electrons. The van der Waals surface area contributed by atoms with Crippen LogP contribution in [-0.2, 0) is 19.7 Å². The molecule has 2 fully saturated rings. The zero-order valence-corrected chi connectivity index (χ0v) is 13.2. The number of ether oxygens (including phenoxy) is 1. The Hall–Kier alpha value is -0.350. The van der Waals surface area contributed by atoms with E-state index in [0.29, 0.717) is 19.0 Å². The van der Waals surface area contributed by atoms with Gasteiger partial charge in [0.25, 0.3) is 10.2 Å². The standard InChI is InChI=1S/C11H20N2O5S2/c1-8(2)10-13(9(7-19-10)11(14)15)20(16,17)12-3-5-18-6-4-12/h8-10H,3-7H2,1-2H3,(H,14,15). The van der Waals surface area contributed by atoms with Crippen molar-refractivity contribution in [3.8, 4) is 0 Å². The van der Waals surface area contributed by atoms with E-state index in [2.05, 4.69) is 0 Å². The lowest BCUT2D eigenvalue weighted by molar-refractivity contribution is -0.140. The number of morpholine rings is 1. The number of carboxylic acid groups (broad SMARTS) is 1. The molecule has 0 bridgehead atoms. The molecule has 2 aliphatic rings. The van der Waals surface area contributed by atoms with E-state index in [1.54, 1.807) is 0 Å². The van der Waals surface area contributed by atoms with Crippen molar-refractivity contribution in [3.63, 3.8) is 0 Å². The highest BCUT2D eigenvalue weighted by Crippen LogP contribution is 2.37. The van der Waals surface area contributed by atoms with E-state index >= 15 is 0 Å². The van der Waals surface area contributed by atoms with Crippen molar-refractivity contribution >= 4 is 27.9 Å². The molecule has 0 spiro atoms. The second kappa shape index (κ2) is 6.18. The Bertz CT molecular complexity index is 461. The number of carbonyl (C=O) groups is 1. The van der Waals surface area contributed by atoms with Gasteiger partial charge in [0.1, 0.15) is 6.04 Å². The number of carboxylic acids is 1. The number of rotatable bonds is 4. The van der Waals surface area contributed by atoms with Crippen LogP contribution in [0.5, 0.6) is 0 Å². The van der Waals surface area contributed by atoms with Crippen molar-refractivity contribution in [2.75, 3.05) is 32.1 Å². The summed E-state index contributed by atoms with van der Waals surface area (Å²) in [4.78, 5) is 11.3. The third-order valence-corrected chi connectivity index (χ3v) is 7.19. The fourth-order valence-electron chi connectivity index (χ4n) is 2.38. The predicted molar refractivity (Wildman–Crippen MR) is 75.7 cm³/mol. The van der Waals surface area contributed by atoms with E-state index in [1.165, 1.54) is 20.4 Å². The second-order valence-corrected chi connectivity index (χ2v) is 8.15. The minimum atomic E-state index is -3.77. The molecule has 2 rings (SSSR count). The lowest BCUT2D eigenvalue weighted by atomic mass is 10.2. The maximum atomic E-state index is 12.7. The van der Waals surface area contributed by atoms with Gasteiger partial charge in [-0.1, -0.05) is 13.8 Å². The van der Waals surface area contributed by atoms with Crippen LogP contribution in [0.3, 0.4) is 0 Å². The van der Waals surface area contributed by atoms with Gasteiger partial charge < -0.3 is 9.84 Å². The van der Waals surface area contributed by atoms with Gasteiger partial charge in [0.2, 0.25) is 0 Å². The third-order valence-electron chi connectivity index (χ3n) is 3.40. The SMILES string of the molecule is CC(C)C1SCC(C(=O)O)N1S(=O)(=O)N1CCOCC1. The van der Waals surface area contributed by atoms with Gasteiger partial charge in [-0.3, -0.25) is 4.79 Å². The summed E-state index contributed by atoms with van der Waals surface area (Å²) in [5.74, 6) is -0.737. The summed E-state index contributed by atoms with van der Waals surface area (Å²) in [5.41, 5.74) is 0. The smallest absolute Gasteiger partial charge is 0.322 e. The molecule has 2 saturated heterocycles. The molecule has 9 heteroatoms. The maximum Gasteiger partial charge on any atom is 0.322 e. The summed E-state index contributed by atoms with van der Waals surface area (Å²) >= 11 is 1.39. The summed E-state index contributed by atoms with van der Waals surface area (Å²) in [5, 5.41) is 8.95. The van der Waals surface area contributed by atoms with E-state index < -0.39 is 22.2 Å². The minimum Gasteiger partial charge on any atom is -0.480 e. The summed E-state index contributed by atoms with van der Waals surface area (Å²) in [6.07, 6.45) is 0. The van der Waals surface area contributed by atoms with E-state index in [9.17, 15) is 18.3 Å². The van der Waals surface area contributed by atoms with Crippen LogP contribution in [0, 0.1) is 5.92 Å². The van der Waals surface area contributed by atoms with E-state index in [-0.39, 0.29) is 24.4 Å². The van der Waals surface area contributed by atoms with E-state index in [0.717, 1.165) is 0 Å². The number of nitrogens with zero attached hydrogens (tertiary/aromatic N) is 2. The van der Waals surface area contributed by atoms with Gasteiger partial charge in [0.15, 0.2) is 0 Å². The molecular formula is C11H20N2O5S2. The van der Waals surface area contributed by atoms with E-state index in [4.69, 9.17) is 4.74 Å². The van der Waals surface area contributed by atoms with Crippen LogP contribution in [0.25, 0.3) is 0 Å². The van der Waals surface area contributed by atoms with Gasteiger partial charge >= 0.3 is 5.97 Å². The summed E-state index contributed by atoms with van der Waals surface area (Å²) < 4.78 is 33.1. The Morgan fingerprint density at radius 3 is 2.45 bits per heavy atom. The van der Waals surface area contributed by atoms with Crippen LogP contribution >= 0.6 is 11.8 Å². The quantitative estimate of drug-likeness (QED) is 0.786. The second-order valence-electron chi connectivity index (χ2n) is 5.17. The Kier molecular flexibility index (Phi) is 4.96. The Labute approximate surface area is 123 Å². The topological polar surface area (TPSA) is 87.2 Å². The highest BCUT2D eigenvalue weighted by Gasteiger charge is 2.49. The fraction of sp³-hybridized carbons (Fsp3) is 0.909. The molecule has 2 aliphatic heterocycles. The van der Waals surface area contributed by atoms with Crippen LogP contribution in [0.1, 0.15) is 13.8 Å². The summed E-state index contributed by atoms with van der Waals surface area (Å²) in [6, 6.07) is -0.986. The number of aliphatic carboxylic acids is 1. The molecule has 2 heterocycles. The van der Waals surface area contributed by atoms with Gasteiger partial charge in [-0.2, -0.15) is 17.0 Å². The average molecular weight is 324 g/mol. The molecule has 2 unspecified atom stereocenters. The molecule has 0 aromatic carbocycles. The minimum absolute atomic E-state index is 0.0557. The first kappa shape index (κ1) is 16.0. The summed E-state index contributed by atoms with van der Waals surface area (Å²) in [6.45, 7) is 5.07. The Morgan fingerprint density at radius 2 is 1.95 bits per heavy atom. The van der Waals surface area contributed by atoms with Gasteiger partial charge in [0, 0.05) is 18.8 Å². The van der Waals surface area contributed by atoms with Crippen molar-refractivity contribution in [1.29, 1.82) is 0 Å². The van der Waals surface area contributed by atoms with Crippen molar-refractivity contribution < 1.29 is 23.1 Å². The van der Waals surface area contributed by atoms with Gasteiger partial charge in [-0.05, 0) is 5.92 Å². The van der Waals surface area contributed by atoms with Crippen LogP contribution in [0.2, 0.25) is 0 Å². The highest BCUT2D eigenvalue weighted by atomic mass is 32.2. The molecule has 0 saturated carbocycles. The predicted octanol–water partition coefficient (Wildman–Crippen LogP) is 0.0475. The maximum absolute atomic E-state index is 12.7. The first-order valence-electron chi connectivity index (χ1n) is 6.56. The zero-order chi connectivity index (χ0) is 14.9. The molecule has 0 amide bonds. The third kappa shape index (κ3) is 2.96. The lowest BCUT2D eigenvalue weighted by Crippen LogP contribution is -2.55. The monoisotopic (exact) mass is 324 g/mol. The number of thioether (sulfide) groups is 1. The van der Waals surface area contributed by atoms with E-state index in [1.807, 2.05) is 13.8 Å². The summed E-state index contributed by atoms with van der Waals surface area (Å²) in [7, 11) is -3.77. The lowest BCUT2D eigenvalue weighted by Gasteiger charge is -2.35. The average Bonchev–Trinajstić information content (AvgIpc) is 2.85. The van der Waals surface area contributed by atoms with Gasteiger partial charge in [-0.25, -0.2) is 0 Å². The first-order valence-corrected chi connectivity index (χ1v) is 9.01. The molecule has 116 valence electrons. The zero-order valence-electron chi connectivity index (χ0n) is 11.6. The molecule has 0 aliphatic carbocycles. The van der Waals surface area contributed by atoms with Crippen molar-refractivity contribution in [3.05, 3.63) is 0 Å². The van der Waals surface area contributed by atoms with Gasteiger partial charge in [-0.15, -0.1) is 11.8 Å². The molecular weight excluding hydrogens is 304 g/mol. The van der Waals surface area contributed by atoms with Crippen molar-refractivity contribution in [2.45, 2.75) is 25.3 Å².